The molecular weight excluding hydrogens is 419 g/mol. The Kier molecular flexibility index (Phi) is 3.75. The topological polar surface area (TPSA) is 0 Å². The first-order valence-corrected chi connectivity index (χ1v) is 16.2. The molecule has 1 aliphatic heterocycles. The first-order chi connectivity index (χ1) is 12.8. The average Bonchev–Trinajstić information content (AvgIpc) is 2.99. The van der Waals surface area contributed by atoms with Crippen LogP contribution in [0.1, 0.15) is 0 Å². The van der Waals surface area contributed by atoms with Gasteiger partial charge in [-0.25, -0.2) is 0 Å². The standard InChI is InChI=1S/2C12H8.CH3.Sn/c2*1-3-7-11(8-4-1)12-9-5-2-6-10-12;;/h2*1-7,9H;1H3;/q;-1;;. The van der Waals surface area contributed by atoms with Crippen LogP contribution in [-0.2, 0) is 0 Å². The maximum atomic E-state index is 3.45. The Labute approximate surface area is 159 Å². The normalized spacial score (nSPS) is 13.9. The van der Waals surface area contributed by atoms with Crippen LogP contribution in [0.4, 0.5) is 0 Å². The molecule has 0 nitrogen and oxygen atoms in total. The summed E-state index contributed by atoms with van der Waals surface area (Å²) in [5.41, 5.74) is 5.42. The number of hydrogen-bond acceptors (Lipinski definition) is 0. The molecule has 0 N–H and O–H groups in total. The van der Waals surface area contributed by atoms with Gasteiger partial charge in [0.15, 0.2) is 0 Å². The van der Waals surface area contributed by atoms with E-state index in [2.05, 4.69) is 95.9 Å². The molecule has 26 heavy (non-hydrogen) atoms. The molecule has 124 valence electrons. The average molecular weight is 438 g/mol. The second-order valence-corrected chi connectivity index (χ2v) is 18.1. The Bertz CT molecular complexity index is 1050. The summed E-state index contributed by atoms with van der Waals surface area (Å²) < 4.78 is 4.72. The van der Waals surface area contributed by atoms with E-state index in [0.29, 0.717) is 0 Å². The Morgan fingerprint density at radius 1 is 0.538 bits per heavy atom. The summed E-state index contributed by atoms with van der Waals surface area (Å²) >= 11 is -3.01. The molecule has 1 aliphatic rings. The third kappa shape index (κ3) is 2.22. The molecule has 0 aromatic heterocycles. The molecule has 0 saturated heterocycles. The summed E-state index contributed by atoms with van der Waals surface area (Å²) in [6.45, 7) is 0. The molecule has 0 fully saturated rings. The van der Waals surface area contributed by atoms with Gasteiger partial charge in [0.25, 0.3) is 0 Å². The van der Waals surface area contributed by atoms with Crippen LogP contribution in [-0.4, -0.2) is 18.4 Å². The van der Waals surface area contributed by atoms with Crippen molar-refractivity contribution in [3.05, 3.63) is 103 Å². The van der Waals surface area contributed by atoms with Gasteiger partial charge in [-0.3, -0.25) is 0 Å². The van der Waals surface area contributed by atoms with Gasteiger partial charge in [-0.2, -0.15) is 0 Å². The minimum absolute atomic E-state index is 1.20. The molecule has 0 saturated carbocycles. The first kappa shape index (κ1) is 15.9. The van der Waals surface area contributed by atoms with Crippen molar-refractivity contribution in [2.75, 3.05) is 0 Å². The third-order valence-electron chi connectivity index (χ3n) is 5.69. The molecule has 4 aromatic rings. The van der Waals surface area contributed by atoms with Gasteiger partial charge in [-0.1, -0.05) is 0 Å². The zero-order valence-corrected chi connectivity index (χ0v) is 17.6. The van der Waals surface area contributed by atoms with Gasteiger partial charge in [-0.05, 0) is 0 Å². The molecule has 0 atom stereocenters. The van der Waals surface area contributed by atoms with Crippen LogP contribution in [0.3, 0.4) is 0 Å². The molecule has 1 heterocycles. The molecule has 1 heteroatoms. The second kappa shape index (κ2) is 6.14. The maximum absolute atomic E-state index is 3.45. The molecule has 5 rings (SSSR count). The number of rotatable bonds is 2. The van der Waals surface area contributed by atoms with Gasteiger partial charge in [-0.15, -0.1) is 0 Å². The van der Waals surface area contributed by atoms with Crippen molar-refractivity contribution in [1.82, 2.24) is 0 Å². The van der Waals surface area contributed by atoms with Crippen LogP contribution in [0.25, 0.3) is 22.3 Å². The van der Waals surface area contributed by atoms with Crippen LogP contribution in [0, 0.1) is 6.07 Å². The molecule has 0 radical (unpaired) electrons. The Hall–Kier alpha value is -2.32. The first-order valence-electron chi connectivity index (χ1n) is 9.06. The Balaban J connectivity index is 1.85. The SMILES string of the molecule is [CH3][Sn]1([c]2ccccc2-c2[c-]cccc2)[c]2ccccc2-c2cccc[c]21. The Morgan fingerprint density at radius 3 is 1.54 bits per heavy atom. The van der Waals surface area contributed by atoms with Crippen LogP contribution < -0.4 is 10.7 Å². The van der Waals surface area contributed by atoms with E-state index in [9.17, 15) is 0 Å². The van der Waals surface area contributed by atoms with Gasteiger partial charge in [0, 0.05) is 0 Å². The van der Waals surface area contributed by atoms with E-state index in [1.54, 1.807) is 10.7 Å². The molecule has 0 aliphatic carbocycles. The van der Waals surface area contributed by atoms with E-state index >= 15 is 0 Å². The van der Waals surface area contributed by atoms with E-state index in [1.807, 2.05) is 12.1 Å². The van der Waals surface area contributed by atoms with Gasteiger partial charge in [0.05, 0.1) is 0 Å². The van der Waals surface area contributed by atoms with Gasteiger partial charge in [0.2, 0.25) is 0 Å². The molecular formula is C25H19Sn-. The number of hydrogen-bond donors (Lipinski definition) is 0. The predicted molar refractivity (Wildman–Crippen MR) is 113 cm³/mol. The summed E-state index contributed by atoms with van der Waals surface area (Å²) in [5.74, 6) is 0. The van der Waals surface area contributed by atoms with Crippen molar-refractivity contribution in [2.24, 2.45) is 0 Å². The fourth-order valence-corrected chi connectivity index (χ4v) is 17.1. The van der Waals surface area contributed by atoms with E-state index in [0.717, 1.165) is 0 Å². The molecule has 0 unspecified atom stereocenters. The Morgan fingerprint density at radius 2 is 1.00 bits per heavy atom. The van der Waals surface area contributed by atoms with Crippen molar-refractivity contribution in [3.63, 3.8) is 0 Å². The van der Waals surface area contributed by atoms with E-state index in [1.165, 1.54) is 22.3 Å². The fourth-order valence-electron chi connectivity index (χ4n) is 4.46. The fraction of sp³-hybridized carbons (Fsp3) is 0.0400. The predicted octanol–water partition coefficient (Wildman–Crippen LogP) is 4.23. The molecule has 4 aromatic carbocycles. The van der Waals surface area contributed by atoms with Crippen molar-refractivity contribution >= 4 is 29.1 Å². The summed E-state index contributed by atoms with van der Waals surface area (Å²) in [6.07, 6.45) is 0. The summed E-state index contributed by atoms with van der Waals surface area (Å²) in [7, 11) is 0. The number of fused-ring (bicyclic) bond motifs is 3. The van der Waals surface area contributed by atoms with Crippen molar-refractivity contribution in [3.8, 4) is 22.3 Å². The van der Waals surface area contributed by atoms with Crippen LogP contribution in [0.5, 0.6) is 0 Å². The molecule has 0 bridgehead atoms. The van der Waals surface area contributed by atoms with Crippen molar-refractivity contribution < 1.29 is 0 Å². The van der Waals surface area contributed by atoms with Crippen LogP contribution in [0.15, 0.2) is 97.1 Å². The zero-order chi connectivity index (χ0) is 17.6. The quantitative estimate of drug-likeness (QED) is 0.325. The monoisotopic (exact) mass is 439 g/mol. The second-order valence-electron chi connectivity index (χ2n) is 7.04. The molecule has 0 amide bonds. The van der Waals surface area contributed by atoms with E-state index < -0.39 is 18.4 Å². The van der Waals surface area contributed by atoms with Crippen LogP contribution in [0.2, 0.25) is 4.94 Å². The van der Waals surface area contributed by atoms with Gasteiger partial charge in [0.1, 0.15) is 0 Å². The molecule has 0 spiro atoms. The van der Waals surface area contributed by atoms with Gasteiger partial charge >= 0.3 is 159 Å². The summed E-state index contributed by atoms with van der Waals surface area (Å²) in [4.78, 5) is 2.57. The minimum atomic E-state index is -3.01. The summed E-state index contributed by atoms with van der Waals surface area (Å²) in [6, 6.07) is 38.9. The number of benzene rings is 4. The summed E-state index contributed by atoms with van der Waals surface area (Å²) in [5, 5.41) is 0. The van der Waals surface area contributed by atoms with Crippen molar-refractivity contribution in [2.45, 2.75) is 4.94 Å². The van der Waals surface area contributed by atoms with E-state index in [-0.39, 0.29) is 0 Å². The third-order valence-corrected chi connectivity index (χ3v) is 18.6. The van der Waals surface area contributed by atoms with E-state index in [4.69, 9.17) is 0 Å². The van der Waals surface area contributed by atoms with Gasteiger partial charge < -0.3 is 0 Å². The van der Waals surface area contributed by atoms with Crippen LogP contribution >= 0.6 is 0 Å². The van der Waals surface area contributed by atoms with Crippen molar-refractivity contribution in [1.29, 1.82) is 0 Å². The zero-order valence-electron chi connectivity index (χ0n) is 14.7.